The van der Waals surface area contributed by atoms with Crippen LogP contribution in [0.4, 0.5) is 4.39 Å². The van der Waals surface area contributed by atoms with Crippen molar-refractivity contribution in [3.63, 3.8) is 0 Å². The van der Waals surface area contributed by atoms with E-state index in [4.69, 9.17) is 5.73 Å². The Hall–Kier alpha value is -1.49. The van der Waals surface area contributed by atoms with Gasteiger partial charge in [-0.15, -0.1) is 0 Å². The molecule has 1 unspecified atom stereocenters. The molecule has 1 aliphatic heterocycles. The average Bonchev–Trinajstić information content (AvgIpc) is 2.84. The Kier molecular flexibility index (Phi) is 4.25. The topological polar surface area (TPSA) is 59.2 Å². The van der Waals surface area contributed by atoms with Crippen LogP contribution in [0.25, 0.3) is 0 Å². The zero-order valence-corrected chi connectivity index (χ0v) is 10.3. The summed E-state index contributed by atoms with van der Waals surface area (Å²) in [6.45, 7) is 1.40. The molecule has 0 aromatic carbocycles. The van der Waals surface area contributed by atoms with Gasteiger partial charge < -0.3 is 10.6 Å². The summed E-state index contributed by atoms with van der Waals surface area (Å²) in [5.41, 5.74) is 5.81. The van der Waals surface area contributed by atoms with Crippen LogP contribution in [0.15, 0.2) is 18.3 Å². The average molecular weight is 251 g/mol. The highest BCUT2D eigenvalue weighted by Gasteiger charge is 2.29. The summed E-state index contributed by atoms with van der Waals surface area (Å²) in [5.74, 6) is -0.526. The van der Waals surface area contributed by atoms with Crippen LogP contribution in [0.3, 0.4) is 0 Å². The molecule has 1 atom stereocenters. The van der Waals surface area contributed by atoms with E-state index in [1.807, 2.05) is 4.90 Å². The number of hydrogen-bond donors (Lipinski definition) is 1. The second-order valence-corrected chi connectivity index (χ2v) is 4.59. The second-order valence-electron chi connectivity index (χ2n) is 4.59. The number of nitrogens with two attached hydrogens (primary N) is 1. The van der Waals surface area contributed by atoms with Gasteiger partial charge >= 0.3 is 0 Å². The van der Waals surface area contributed by atoms with E-state index >= 15 is 0 Å². The largest absolute Gasteiger partial charge is 0.334 e. The second kappa shape index (κ2) is 5.91. The number of halogens is 1. The zero-order valence-electron chi connectivity index (χ0n) is 10.3. The molecule has 5 heteroatoms. The van der Waals surface area contributed by atoms with Crippen molar-refractivity contribution >= 4 is 5.91 Å². The highest BCUT2D eigenvalue weighted by atomic mass is 19.1. The molecule has 1 saturated heterocycles. The molecule has 0 bridgehead atoms. The molecule has 2 heterocycles. The first-order valence-corrected chi connectivity index (χ1v) is 6.35. The highest BCUT2D eigenvalue weighted by molar-refractivity contribution is 5.92. The Morgan fingerprint density at radius 1 is 1.56 bits per heavy atom. The van der Waals surface area contributed by atoms with E-state index in [-0.39, 0.29) is 11.9 Å². The van der Waals surface area contributed by atoms with Crippen LogP contribution in [0.2, 0.25) is 0 Å². The maximum Gasteiger partial charge on any atom is 0.272 e. The van der Waals surface area contributed by atoms with E-state index in [0.717, 1.165) is 38.4 Å². The molecule has 0 spiro atoms. The molecule has 0 aliphatic carbocycles. The van der Waals surface area contributed by atoms with Crippen molar-refractivity contribution in [2.24, 2.45) is 5.73 Å². The quantitative estimate of drug-likeness (QED) is 0.883. The first-order valence-electron chi connectivity index (χ1n) is 6.35. The van der Waals surface area contributed by atoms with Crippen LogP contribution in [0.5, 0.6) is 0 Å². The number of nitrogens with zero attached hydrogens (tertiary/aromatic N) is 2. The molecule has 1 aromatic heterocycles. The van der Waals surface area contributed by atoms with Gasteiger partial charge in [0.05, 0.1) is 6.20 Å². The molecule has 0 saturated carbocycles. The van der Waals surface area contributed by atoms with Gasteiger partial charge in [0, 0.05) is 12.6 Å². The Morgan fingerprint density at radius 3 is 3.06 bits per heavy atom. The molecular formula is C13H18FN3O. The molecule has 1 amide bonds. The van der Waals surface area contributed by atoms with Crippen molar-refractivity contribution < 1.29 is 9.18 Å². The molecule has 2 rings (SSSR count). The maximum atomic E-state index is 12.8. The summed E-state index contributed by atoms with van der Waals surface area (Å²) in [7, 11) is 0. The van der Waals surface area contributed by atoms with E-state index in [1.54, 1.807) is 0 Å². The van der Waals surface area contributed by atoms with Crippen LogP contribution in [0, 0.1) is 5.82 Å². The number of carbonyl (C=O) groups excluding carboxylic acids is 1. The maximum absolute atomic E-state index is 12.8. The Bertz CT molecular complexity index is 407. The van der Waals surface area contributed by atoms with Crippen LogP contribution in [-0.2, 0) is 0 Å². The van der Waals surface area contributed by atoms with Gasteiger partial charge in [0.2, 0.25) is 0 Å². The van der Waals surface area contributed by atoms with Gasteiger partial charge in [-0.3, -0.25) is 4.79 Å². The minimum atomic E-state index is -0.423. The normalized spacial score (nSPS) is 19.2. The number of carbonyl (C=O) groups is 1. The third kappa shape index (κ3) is 2.85. The van der Waals surface area contributed by atoms with Crippen molar-refractivity contribution in [2.75, 3.05) is 13.1 Å². The van der Waals surface area contributed by atoms with Gasteiger partial charge in [-0.1, -0.05) is 0 Å². The lowest BCUT2D eigenvalue weighted by Crippen LogP contribution is -2.36. The van der Waals surface area contributed by atoms with Gasteiger partial charge in [-0.25, -0.2) is 9.37 Å². The molecule has 1 aliphatic rings. The van der Waals surface area contributed by atoms with Gasteiger partial charge in [-0.05, 0) is 44.4 Å². The molecule has 98 valence electrons. The number of amides is 1. The number of aromatic nitrogens is 1. The van der Waals surface area contributed by atoms with E-state index in [9.17, 15) is 9.18 Å². The van der Waals surface area contributed by atoms with Crippen LogP contribution < -0.4 is 5.73 Å². The van der Waals surface area contributed by atoms with Gasteiger partial charge in [0.1, 0.15) is 11.5 Å². The molecule has 4 nitrogen and oxygen atoms in total. The van der Waals surface area contributed by atoms with Crippen molar-refractivity contribution in [1.29, 1.82) is 0 Å². The standard InChI is InChI=1S/C13H18FN3O/c14-10-5-6-12(16-9-10)13(18)17-8-2-4-11(17)3-1-7-15/h5-6,9,11H,1-4,7-8,15H2. The van der Waals surface area contributed by atoms with E-state index in [1.165, 1.54) is 12.1 Å². The fourth-order valence-corrected chi connectivity index (χ4v) is 2.41. The van der Waals surface area contributed by atoms with Crippen LogP contribution in [-0.4, -0.2) is 34.9 Å². The Labute approximate surface area is 106 Å². The molecule has 18 heavy (non-hydrogen) atoms. The fraction of sp³-hybridized carbons (Fsp3) is 0.538. The molecular weight excluding hydrogens is 233 g/mol. The Balaban J connectivity index is 2.05. The van der Waals surface area contributed by atoms with Gasteiger partial charge in [0.25, 0.3) is 5.91 Å². The predicted octanol–water partition coefficient (Wildman–Crippen LogP) is 1.56. The fourth-order valence-electron chi connectivity index (χ4n) is 2.41. The highest BCUT2D eigenvalue weighted by Crippen LogP contribution is 2.22. The molecule has 2 N–H and O–H groups in total. The molecule has 0 radical (unpaired) electrons. The zero-order chi connectivity index (χ0) is 13.0. The van der Waals surface area contributed by atoms with Crippen LogP contribution in [0.1, 0.15) is 36.2 Å². The smallest absolute Gasteiger partial charge is 0.272 e. The lowest BCUT2D eigenvalue weighted by Gasteiger charge is -2.24. The summed E-state index contributed by atoms with van der Waals surface area (Å²) in [4.78, 5) is 17.9. The van der Waals surface area contributed by atoms with E-state index < -0.39 is 5.82 Å². The van der Waals surface area contributed by atoms with Crippen LogP contribution >= 0.6 is 0 Å². The number of rotatable bonds is 4. The third-order valence-corrected chi connectivity index (χ3v) is 3.33. The number of hydrogen-bond acceptors (Lipinski definition) is 3. The SMILES string of the molecule is NCCCC1CCCN1C(=O)c1ccc(F)cn1. The minimum absolute atomic E-state index is 0.102. The van der Waals surface area contributed by atoms with E-state index in [0.29, 0.717) is 12.2 Å². The molecule has 1 fully saturated rings. The summed E-state index contributed by atoms with van der Waals surface area (Å²) in [6.07, 6.45) is 4.97. The van der Waals surface area contributed by atoms with Gasteiger partial charge in [0.15, 0.2) is 0 Å². The monoisotopic (exact) mass is 251 g/mol. The Morgan fingerprint density at radius 2 is 2.39 bits per heavy atom. The first kappa shape index (κ1) is 13.0. The predicted molar refractivity (Wildman–Crippen MR) is 66.5 cm³/mol. The lowest BCUT2D eigenvalue weighted by molar-refractivity contribution is 0.0723. The minimum Gasteiger partial charge on any atom is -0.334 e. The van der Waals surface area contributed by atoms with Crippen molar-refractivity contribution in [3.05, 3.63) is 29.8 Å². The molecule has 1 aromatic rings. The van der Waals surface area contributed by atoms with Gasteiger partial charge in [-0.2, -0.15) is 0 Å². The first-order chi connectivity index (χ1) is 8.72. The van der Waals surface area contributed by atoms with Crippen molar-refractivity contribution in [2.45, 2.75) is 31.7 Å². The van der Waals surface area contributed by atoms with E-state index in [2.05, 4.69) is 4.98 Å². The summed E-state index contributed by atoms with van der Waals surface area (Å²) in [6, 6.07) is 2.97. The van der Waals surface area contributed by atoms with Crippen molar-refractivity contribution in [1.82, 2.24) is 9.88 Å². The summed E-state index contributed by atoms with van der Waals surface area (Å²) >= 11 is 0. The third-order valence-electron chi connectivity index (χ3n) is 3.33. The summed E-state index contributed by atoms with van der Waals surface area (Å²) in [5, 5.41) is 0. The number of pyridine rings is 1. The van der Waals surface area contributed by atoms with Crippen molar-refractivity contribution in [3.8, 4) is 0 Å². The number of likely N-dealkylation sites (tertiary alicyclic amines) is 1. The lowest BCUT2D eigenvalue weighted by atomic mass is 10.1. The summed E-state index contributed by atoms with van der Waals surface area (Å²) < 4.78 is 12.8.